The maximum Gasteiger partial charge on any atom is 0.326 e. The summed E-state index contributed by atoms with van der Waals surface area (Å²) >= 11 is 4.30. The SMILES string of the molecule is CC(C)C[C@H](NC(=O)[C@H](CC(C)C)NC(=O)[C@H](Cc1c[nH]c2ccccc12)NC(=O)[C@H](Cc1c[nH]c2ccccc12)NC(=O)[C@@H](N)C(C)C)C(=O)NCC(=O)N[C@@H](CS)C(=O)N[C@@H](CC(C)C)C(=O)N[C@@H](CCCNC(=N)N)C(=O)N[C@@H](CC(=O)O)C(=O)N1CCC[C@H]1C(=O)NCC(=O)N[C@@H](CC(N)=O)C(=O)N[C@@H](CCCCN)C(=O)N[C@@H](CC(C)C)C(=O)N[C@@H](CC(N)=O)C(=O)O. The van der Waals surface area contributed by atoms with Gasteiger partial charge in [0.15, 0.2) is 5.96 Å². The first kappa shape index (κ1) is 111. The zero-order valence-corrected chi connectivity index (χ0v) is 77.6. The second-order valence-corrected chi connectivity index (χ2v) is 35.5. The highest BCUT2D eigenvalue weighted by Gasteiger charge is 2.42. The van der Waals surface area contributed by atoms with Crippen molar-refractivity contribution in [3.8, 4) is 0 Å². The van der Waals surface area contributed by atoms with Gasteiger partial charge in [-0.2, -0.15) is 12.6 Å². The number of guanidine groups is 1. The third-order valence-electron chi connectivity index (χ3n) is 21.6. The third-order valence-corrected chi connectivity index (χ3v) is 22.0. The fraction of sp³-hybridized carbons (Fsp3) is 0.586. The number of hydrogen-bond acceptors (Lipinski definition) is 23. The minimum Gasteiger partial charge on any atom is -0.481 e. The number of carbonyl (C=O) groups excluding carboxylic acids is 17. The zero-order chi connectivity index (χ0) is 99.2. The van der Waals surface area contributed by atoms with Gasteiger partial charge in [0.25, 0.3) is 0 Å². The van der Waals surface area contributed by atoms with E-state index >= 15 is 0 Å². The number of aromatic nitrogens is 2. The topological polar surface area (TPSA) is 734 Å². The molecular weight excluding hydrogens is 1750 g/mol. The number of rotatable bonds is 58. The van der Waals surface area contributed by atoms with Crippen LogP contribution in [0.25, 0.3) is 21.8 Å². The molecule has 3 heterocycles. The van der Waals surface area contributed by atoms with Gasteiger partial charge in [0, 0.05) is 65.9 Å². The Labute approximate surface area is 775 Å². The molecule has 4 aromatic rings. The number of primary amides is 2. The first-order chi connectivity index (χ1) is 62.7. The number of unbranched alkanes of at least 4 members (excludes halogenated alkanes) is 1. The van der Waals surface area contributed by atoms with E-state index in [1.165, 1.54) is 0 Å². The summed E-state index contributed by atoms with van der Waals surface area (Å²) in [6.45, 7) is 15.7. The zero-order valence-electron chi connectivity index (χ0n) is 76.7. The Morgan fingerprint density at radius 2 is 0.820 bits per heavy atom. The molecule has 0 spiro atoms. The number of fused-ring (bicyclic) bond motifs is 2. The highest BCUT2D eigenvalue weighted by atomic mass is 32.1. The molecule has 0 bridgehead atoms. The third kappa shape index (κ3) is 37.3. The Morgan fingerprint density at radius 1 is 0.444 bits per heavy atom. The molecule has 46 heteroatoms. The predicted molar refractivity (Wildman–Crippen MR) is 492 cm³/mol. The molecule has 0 saturated carbocycles. The van der Waals surface area contributed by atoms with Crippen LogP contribution in [0.5, 0.6) is 0 Å². The lowest BCUT2D eigenvalue weighted by Gasteiger charge is -2.30. The second-order valence-electron chi connectivity index (χ2n) is 35.1. The minimum atomic E-state index is -1.94. The quantitative estimate of drug-likeness (QED) is 0.00875. The highest BCUT2D eigenvalue weighted by Crippen LogP contribution is 2.25. The van der Waals surface area contributed by atoms with Crippen LogP contribution in [0.15, 0.2) is 60.9 Å². The van der Waals surface area contributed by atoms with Crippen molar-refractivity contribution in [2.45, 2.75) is 257 Å². The number of hydrogen-bond donors (Lipinski definition) is 26. The van der Waals surface area contributed by atoms with E-state index in [0.717, 1.165) is 26.7 Å². The lowest BCUT2D eigenvalue weighted by Crippen LogP contribution is -2.60. The maximum atomic E-state index is 15.0. The molecule has 1 fully saturated rings. The summed E-state index contributed by atoms with van der Waals surface area (Å²) in [7, 11) is 0. The maximum absolute atomic E-state index is 15.0. The molecule has 2 aromatic heterocycles. The van der Waals surface area contributed by atoms with Crippen LogP contribution in [0.3, 0.4) is 0 Å². The molecule has 1 saturated heterocycles. The van der Waals surface area contributed by atoms with Gasteiger partial charge < -0.3 is 134 Å². The monoisotopic (exact) mass is 1880 g/mol. The molecular formula is C87H134N24O21S. The molecule has 0 aliphatic carbocycles. The van der Waals surface area contributed by atoms with Crippen molar-refractivity contribution in [2.24, 2.45) is 58.3 Å². The fourth-order valence-electron chi connectivity index (χ4n) is 14.8. The summed E-state index contributed by atoms with van der Waals surface area (Å²) in [4.78, 5) is 268. The van der Waals surface area contributed by atoms with Gasteiger partial charge in [-0.3, -0.25) is 91.7 Å². The Morgan fingerprint density at radius 3 is 1.25 bits per heavy atom. The van der Waals surface area contributed by atoms with Gasteiger partial charge in [-0.05, 0) is 130 Å². The fourth-order valence-corrected chi connectivity index (χ4v) is 15.1. The number of amides is 17. The Hall–Kier alpha value is -13.0. The number of nitrogens with one attached hydrogen (secondary N) is 18. The first-order valence-electron chi connectivity index (χ1n) is 44.4. The van der Waals surface area contributed by atoms with Crippen molar-refractivity contribution in [1.29, 1.82) is 5.41 Å². The molecule has 0 radical (unpaired) electrons. The number of aromatic amines is 2. The van der Waals surface area contributed by atoms with Crippen molar-refractivity contribution in [2.75, 3.05) is 38.5 Å². The minimum absolute atomic E-state index is 0.0128. The molecule has 734 valence electrons. The van der Waals surface area contributed by atoms with Crippen molar-refractivity contribution >= 4 is 153 Å². The van der Waals surface area contributed by atoms with E-state index in [1.807, 2.05) is 48.5 Å². The number of likely N-dealkylation sites (tertiary alicyclic amines) is 1. The molecule has 5 rings (SSSR count). The van der Waals surface area contributed by atoms with Gasteiger partial charge in [0.2, 0.25) is 100 Å². The average molecular weight is 1880 g/mol. The smallest absolute Gasteiger partial charge is 0.326 e. The number of para-hydroxylation sites is 2. The van der Waals surface area contributed by atoms with Crippen LogP contribution >= 0.6 is 12.6 Å². The molecule has 0 unspecified atom stereocenters. The Kier molecular flexibility index (Phi) is 45.5. The van der Waals surface area contributed by atoms with Crippen LogP contribution in [0.4, 0.5) is 0 Å². The number of nitrogens with zero attached hydrogens (tertiary/aromatic N) is 1. The van der Waals surface area contributed by atoms with Gasteiger partial charge in [-0.15, -0.1) is 0 Å². The van der Waals surface area contributed by atoms with Crippen molar-refractivity contribution in [3.63, 3.8) is 0 Å². The number of thiol groups is 1. The lowest BCUT2D eigenvalue weighted by atomic mass is 9.98. The number of nitrogens with two attached hydrogens (primary N) is 5. The van der Waals surface area contributed by atoms with Gasteiger partial charge >= 0.3 is 11.9 Å². The number of benzene rings is 2. The standard InChI is InChI=1S/C87H134N24O21S/c1-43(2)29-56(103-77(122)58(31-45(5)6)105-79(124)60(33-48-38-95-52-21-13-11-19-50(48)52)107-80(125)61(108-84(129)72(91)47(9)10)34-49-39-96-53-22-14-12-20-51(49)53)73(118)97-40-70(115)100-65(42-133)82(127)106-57(30-44(3)4)76(121)102-55(24-17-27-94-87(92)93)75(120)109-63(37-71(116)117)85(130)111-28-18-25-66(111)83(128)98-41-69(114)99-62(35-67(89)112)81(126)101-54(23-15-16-26-88)74(119)104-59(32-46(7)8)78(123)110-64(86(131)132)36-68(90)113/h11-14,19-22,38-39,43-47,54-66,72,95-96,133H,15-18,23-37,40-42,88,91H2,1-10H3,(H2,89,112)(H2,90,113)(H,97,118)(H,98,128)(H,99,114)(H,100,115)(H,101,126)(H,102,121)(H,103,122)(H,104,119)(H,105,124)(H,106,127)(H,107,125)(H,108,129)(H,109,120)(H,110,123)(H,116,117)(H,131,132)(H4,92,93,94)/t54-,55-,56-,57-,58-,59-,60-,61-,62-,63-,64-,65-,66-,72-/m0/s1. The highest BCUT2D eigenvalue weighted by molar-refractivity contribution is 7.80. The van der Waals surface area contributed by atoms with E-state index in [9.17, 15) is 101 Å². The largest absolute Gasteiger partial charge is 0.481 e. The number of H-pyrrole nitrogens is 2. The van der Waals surface area contributed by atoms with E-state index in [-0.39, 0.29) is 132 Å². The van der Waals surface area contributed by atoms with Gasteiger partial charge in [-0.25, -0.2) is 4.79 Å². The molecule has 1 aliphatic rings. The van der Waals surface area contributed by atoms with Crippen LogP contribution in [0, 0.1) is 35.0 Å². The van der Waals surface area contributed by atoms with Crippen LogP contribution in [0.2, 0.25) is 0 Å². The summed E-state index contributed by atoms with van der Waals surface area (Å²) in [5.74, 6) is -21.7. The normalized spacial score (nSPS) is 15.4. The van der Waals surface area contributed by atoms with Gasteiger partial charge in [-0.1, -0.05) is 106 Å². The Bertz CT molecular complexity index is 4750. The second kappa shape index (κ2) is 54.7. The summed E-state index contributed by atoms with van der Waals surface area (Å²) in [5.41, 5.74) is 31.0. The van der Waals surface area contributed by atoms with Crippen LogP contribution in [0.1, 0.15) is 170 Å². The molecule has 1 aliphatic heterocycles. The Balaban J connectivity index is 1.27. The molecule has 2 aromatic carbocycles. The van der Waals surface area contributed by atoms with E-state index in [1.54, 1.807) is 81.6 Å². The predicted octanol–water partition coefficient (Wildman–Crippen LogP) is -3.72. The summed E-state index contributed by atoms with van der Waals surface area (Å²) < 4.78 is 0. The van der Waals surface area contributed by atoms with E-state index in [0.29, 0.717) is 17.5 Å². The molecule has 45 nitrogen and oxygen atoms in total. The average Bonchev–Trinajstić information content (AvgIpc) is 1.67. The van der Waals surface area contributed by atoms with Crippen molar-refractivity contribution in [1.82, 2.24) is 94.6 Å². The van der Waals surface area contributed by atoms with E-state index in [4.69, 9.17) is 34.1 Å². The molecule has 14 atom stereocenters. The van der Waals surface area contributed by atoms with E-state index < -0.39 is 235 Å². The van der Waals surface area contributed by atoms with E-state index in [2.05, 4.69) is 102 Å². The summed E-state index contributed by atoms with van der Waals surface area (Å²) in [6, 6.07) is -6.00. The number of aliphatic carboxylic acids is 2. The molecule has 133 heavy (non-hydrogen) atoms. The van der Waals surface area contributed by atoms with Crippen LogP contribution < -0.4 is 108 Å². The summed E-state index contributed by atoms with van der Waals surface area (Å²) in [5, 5.41) is 67.0. The molecule has 30 N–H and O–H groups in total. The van der Waals surface area contributed by atoms with Crippen molar-refractivity contribution in [3.05, 3.63) is 72.1 Å². The first-order valence-corrected chi connectivity index (χ1v) is 45.1. The number of carbonyl (C=O) groups is 19. The summed E-state index contributed by atoms with van der Waals surface area (Å²) in [6.07, 6.45) is 0.696. The number of carboxylic acids is 2. The van der Waals surface area contributed by atoms with Gasteiger partial charge in [0.05, 0.1) is 38.4 Å². The molecule has 17 amide bonds. The number of carboxylic acid groups (broad SMARTS) is 2. The van der Waals surface area contributed by atoms with Gasteiger partial charge in [0.1, 0.15) is 78.5 Å². The lowest BCUT2D eigenvalue weighted by molar-refractivity contribution is -0.146. The van der Waals surface area contributed by atoms with Crippen LogP contribution in [-0.2, 0) is 104 Å². The van der Waals surface area contributed by atoms with Crippen LogP contribution in [-0.4, -0.2) is 266 Å². The van der Waals surface area contributed by atoms with Crippen molar-refractivity contribution < 1.29 is 101 Å².